The Morgan fingerprint density at radius 1 is 0.706 bits per heavy atom. The molecule has 3 heteroatoms. The Morgan fingerprint density at radius 2 is 1.18 bits per heavy atom. The molecule has 0 atom stereocenters. The van der Waals surface area contributed by atoms with Crippen molar-refractivity contribution in [2.45, 2.75) is 90.6 Å². The maximum Gasteiger partial charge on any atom is 0.173 e. The summed E-state index contributed by atoms with van der Waals surface area (Å²) in [4.78, 5) is 0. The van der Waals surface area contributed by atoms with Gasteiger partial charge in [0.15, 0.2) is 16.6 Å². The molecule has 104 valence electrons. The van der Waals surface area contributed by atoms with Gasteiger partial charge in [0, 0.05) is 0 Å². The first kappa shape index (κ1) is 17.4. The van der Waals surface area contributed by atoms with Crippen molar-refractivity contribution >= 4 is 16.6 Å². The molecule has 0 aromatic carbocycles. The van der Waals surface area contributed by atoms with E-state index >= 15 is 0 Å². The molecule has 0 saturated heterocycles. The molecule has 0 aliphatic heterocycles. The molecule has 0 aromatic heterocycles. The second-order valence-corrected chi connectivity index (χ2v) is 15.9. The molecule has 1 nitrogen and oxygen atoms in total. The molecule has 0 aliphatic carbocycles. The predicted octanol–water partition coefficient (Wildman–Crippen LogP) is 5.79. The third-order valence-corrected chi connectivity index (χ3v) is 9.18. The van der Waals surface area contributed by atoms with E-state index in [0.717, 1.165) is 0 Å². The average molecular weight is 275 g/mol. The van der Waals surface area contributed by atoms with Crippen LogP contribution in [-0.4, -0.2) is 16.6 Å². The largest absolute Gasteiger partial charge is 0.456 e. The quantitative estimate of drug-likeness (QED) is 0.362. The lowest BCUT2D eigenvalue weighted by Gasteiger charge is -2.31. The first-order valence-electron chi connectivity index (χ1n) is 7.47. The molecule has 17 heavy (non-hydrogen) atoms. The molecular weight excluding hydrogens is 240 g/mol. The molecule has 0 unspecified atom stereocenters. The number of hydrogen-bond donors (Lipinski definition) is 0. The van der Waals surface area contributed by atoms with E-state index in [2.05, 4.69) is 39.7 Å². The van der Waals surface area contributed by atoms with E-state index < -0.39 is 16.6 Å². The predicted molar refractivity (Wildman–Crippen MR) is 84.7 cm³/mol. The molecule has 0 spiro atoms. The Balaban J connectivity index is 3.52. The van der Waals surface area contributed by atoms with Crippen LogP contribution in [0.15, 0.2) is 0 Å². The lowest BCUT2D eigenvalue weighted by molar-refractivity contribution is 0.535. The Kier molecular flexibility index (Phi) is 8.68. The highest BCUT2D eigenvalue weighted by Gasteiger charge is 2.28. The smallest absolute Gasteiger partial charge is 0.173 e. The van der Waals surface area contributed by atoms with Crippen molar-refractivity contribution in [1.29, 1.82) is 0 Å². The molecule has 0 rings (SSSR count). The van der Waals surface area contributed by atoms with Gasteiger partial charge >= 0.3 is 0 Å². The lowest BCUT2D eigenvalue weighted by Crippen LogP contribution is -2.42. The van der Waals surface area contributed by atoms with E-state index in [9.17, 15) is 0 Å². The minimum absolute atomic E-state index is 1.32. The highest BCUT2D eigenvalue weighted by Crippen LogP contribution is 2.21. The summed E-state index contributed by atoms with van der Waals surface area (Å²) in [6.07, 6.45) is 9.86. The molecular formula is C14H34OSi2. The van der Waals surface area contributed by atoms with Gasteiger partial charge in [-0.25, -0.2) is 0 Å². The van der Waals surface area contributed by atoms with E-state index in [1.165, 1.54) is 51.0 Å². The first-order chi connectivity index (χ1) is 7.77. The first-order valence-corrected chi connectivity index (χ1v) is 14.0. The maximum atomic E-state index is 6.35. The zero-order valence-corrected chi connectivity index (χ0v) is 15.1. The minimum atomic E-state index is -1.35. The Morgan fingerprint density at radius 3 is 1.65 bits per heavy atom. The fourth-order valence-electron chi connectivity index (χ4n) is 2.39. The summed E-state index contributed by atoms with van der Waals surface area (Å²) in [5.74, 6) is 0. The van der Waals surface area contributed by atoms with Gasteiger partial charge in [0.25, 0.3) is 0 Å². The van der Waals surface area contributed by atoms with Crippen LogP contribution in [0.4, 0.5) is 0 Å². The third-order valence-electron chi connectivity index (χ3n) is 2.96. The van der Waals surface area contributed by atoms with Crippen LogP contribution in [0.25, 0.3) is 0 Å². The van der Waals surface area contributed by atoms with Gasteiger partial charge in [-0.2, -0.15) is 0 Å². The summed E-state index contributed by atoms with van der Waals surface area (Å²) < 4.78 is 6.35. The third kappa shape index (κ3) is 12.6. The second kappa shape index (κ2) is 8.49. The zero-order valence-electron chi connectivity index (χ0n) is 13.1. The van der Waals surface area contributed by atoms with E-state index in [4.69, 9.17) is 4.12 Å². The van der Waals surface area contributed by atoms with Gasteiger partial charge in [-0.3, -0.25) is 0 Å². The van der Waals surface area contributed by atoms with E-state index in [-0.39, 0.29) is 0 Å². The van der Waals surface area contributed by atoms with Crippen LogP contribution in [0.3, 0.4) is 0 Å². The summed E-state index contributed by atoms with van der Waals surface area (Å²) in [6, 6.07) is 1.35. The fourth-order valence-corrected chi connectivity index (χ4v) is 10.5. The Labute approximate surface area is 112 Å². The monoisotopic (exact) mass is 274 g/mol. The van der Waals surface area contributed by atoms with Crippen LogP contribution in [0, 0.1) is 0 Å². The number of unbranched alkanes of at least 4 members (excludes halogenated alkanes) is 6. The Bertz CT molecular complexity index is 185. The van der Waals surface area contributed by atoms with Crippen molar-refractivity contribution < 1.29 is 4.12 Å². The van der Waals surface area contributed by atoms with Crippen molar-refractivity contribution in [2.75, 3.05) is 0 Å². The molecule has 0 fully saturated rings. The van der Waals surface area contributed by atoms with Crippen LogP contribution < -0.4 is 0 Å². The molecule has 0 bridgehead atoms. The van der Waals surface area contributed by atoms with Gasteiger partial charge in [-0.1, -0.05) is 51.9 Å². The molecule has 0 radical (unpaired) electrons. The second-order valence-electron chi connectivity index (χ2n) is 6.85. The van der Waals surface area contributed by atoms with Crippen LogP contribution in [0.1, 0.15) is 51.9 Å². The molecule has 0 aliphatic rings. The van der Waals surface area contributed by atoms with Crippen molar-refractivity contribution in [3.63, 3.8) is 0 Å². The van der Waals surface area contributed by atoms with Gasteiger partial charge in [0.2, 0.25) is 0 Å². The van der Waals surface area contributed by atoms with Crippen LogP contribution in [-0.2, 0) is 4.12 Å². The van der Waals surface area contributed by atoms with E-state index in [1.807, 2.05) is 0 Å². The standard InChI is InChI=1S/C14H34OSi2/c1-7-8-9-10-11-12-13-14-17(5,6)15-16(2,3)4/h7-14H2,1-6H3. The zero-order chi connectivity index (χ0) is 13.4. The van der Waals surface area contributed by atoms with Crippen molar-refractivity contribution in [1.82, 2.24) is 0 Å². The minimum Gasteiger partial charge on any atom is -0.456 e. The molecule has 0 N–H and O–H groups in total. The molecule has 0 amide bonds. The number of hydrogen-bond acceptors (Lipinski definition) is 1. The Hall–Kier alpha value is 0.394. The summed E-state index contributed by atoms with van der Waals surface area (Å²) in [5.41, 5.74) is 0. The summed E-state index contributed by atoms with van der Waals surface area (Å²) >= 11 is 0. The summed E-state index contributed by atoms with van der Waals surface area (Å²) in [7, 11) is -2.67. The molecule has 0 saturated carbocycles. The summed E-state index contributed by atoms with van der Waals surface area (Å²) in [6.45, 7) is 14.0. The van der Waals surface area contributed by atoms with E-state index in [0.29, 0.717) is 0 Å². The van der Waals surface area contributed by atoms with Crippen LogP contribution >= 0.6 is 0 Å². The number of rotatable bonds is 10. The summed E-state index contributed by atoms with van der Waals surface area (Å²) in [5, 5.41) is 0. The average Bonchev–Trinajstić information content (AvgIpc) is 2.12. The van der Waals surface area contributed by atoms with E-state index in [1.54, 1.807) is 0 Å². The highest BCUT2D eigenvalue weighted by atomic mass is 28.4. The van der Waals surface area contributed by atoms with Crippen LogP contribution in [0.5, 0.6) is 0 Å². The van der Waals surface area contributed by atoms with Gasteiger partial charge in [-0.15, -0.1) is 0 Å². The molecule has 0 aromatic rings. The maximum absolute atomic E-state index is 6.35. The van der Waals surface area contributed by atoms with Crippen molar-refractivity contribution in [3.8, 4) is 0 Å². The SMILES string of the molecule is CCCCCCCCC[Si](C)(C)O[Si](C)(C)C. The van der Waals surface area contributed by atoms with Crippen molar-refractivity contribution in [3.05, 3.63) is 0 Å². The van der Waals surface area contributed by atoms with Gasteiger partial charge in [0.1, 0.15) is 0 Å². The topological polar surface area (TPSA) is 9.23 Å². The van der Waals surface area contributed by atoms with Gasteiger partial charge in [0.05, 0.1) is 0 Å². The normalized spacial score (nSPS) is 13.1. The van der Waals surface area contributed by atoms with Crippen LogP contribution in [0.2, 0.25) is 38.8 Å². The van der Waals surface area contributed by atoms with Crippen molar-refractivity contribution in [2.24, 2.45) is 0 Å². The van der Waals surface area contributed by atoms with Gasteiger partial charge < -0.3 is 4.12 Å². The van der Waals surface area contributed by atoms with Gasteiger partial charge in [-0.05, 0) is 38.8 Å². The highest BCUT2D eigenvalue weighted by molar-refractivity contribution is 6.84. The fraction of sp³-hybridized carbons (Fsp3) is 1.00. The lowest BCUT2D eigenvalue weighted by atomic mass is 10.1. The molecule has 0 heterocycles.